The van der Waals surface area contributed by atoms with Crippen LogP contribution in [0.15, 0.2) is 27.4 Å². The Morgan fingerprint density at radius 2 is 1.92 bits per heavy atom. The zero-order valence-electron chi connectivity index (χ0n) is 14.2. The van der Waals surface area contributed by atoms with Crippen molar-refractivity contribution >= 4 is 16.9 Å². The van der Waals surface area contributed by atoms with Crippen LogP contribution >= 0.6 is 0 Å². The van der Waals surface area contributed by atoms with Crippen LogP contribution in [0.3, 0.4) is 0 Å². The second kappa shape index (κ2) is 7.07. The summed E-state index contributed by atoms with van der Waals surface area (Å²) in [7, 11) is 0. The monoisotopic (exact) mass is 329 g/mol. The first-order chi connectivity index (χ1) is 11.5. The number of nitrogens with one attached hydrogen (secondary N) is 1. The highest BCUT2D eigenvalue weighted by atomic mass is 16.5. The third kappa shape index (κ3) is 3.78. The zero-order valence-corrected chi connectivity index (χ0v) is 14.2. The van der Waals surface area contributed by atoms with Gasteiger partial charge in [0, 0.05) is 17.5 Å². The SMILES string of the molecule is Cc1cc2oc(=O)cc(C)c2cc1OCC(=O)NC1CCCCC1. The fraction of sp³-hybridized carbons (Fsp3) is 0.474. The number of carbonyl (C=O) groups excluding carboxylic acids is 1. The van der Waals surface area contributed by atoms with E-state index >= 15 is 0 Å². The van der Waals surface area contributed by atoms with E-state index in [0.717, 1.165) is 29.4 Å². The van der Waals surface area contributed by atoms with Crippen LogP contribution in [0.5, 0.6) is 5.75 Å². The molecule has 1 amide bonds. The van der Waals surface area contributed by atoms with Crippen molar-refractivity contribution < 1.29 is 13.9 Å². The quantitative estimate of drug-likeness (QED) is 0.874. The van der Waals surface area contributed by atoms with Gasteiger partial charge in [-0.2, -0.15) is 0 Å². The summed E-state index contributed by atoms with van der Waals surface area (Å²) in [5, 5.41) is 3.86. The fourth-order valence-electron chi connectivity index (χ4n) is 3.26. The fourth-order valence-corrected chi connectivity index (χ4v) is 3.26. The number of rotatable bonds is 4. The minimum absolute atomic E-state index is 0.00131. The van der Waals surface area contributed by atoms with Gasteiger partial charge in [0.1, 0.15) is 11.3 Å². The maximum atomic E-state index is 12.1. The standard InChI is InChI=1S/C19H23NO4/c1-12-9-19(22)24-17-8-13(2)16(10-15(12)17)23-11-18(21)20-14-6-4-3-5-7-14/h8-10,14H,3-7,11H2,1-2H3,(H,20,21). The van der Waals surface area contributed by atoms with Crippen LogP contribution in [0.4, 0.5) is 0 Å². The van der Waals surface area contributed by atoms with E-state index in [-0.39, 0.29) is 24.2 Å². The van der Waals surface area contributed by atoms with Crippen molar-refractivity contribution in [1.82, 2.24) is 5.32 Å². The molecule has 3 rings (SSSR count). The van der Waals surface area contributed by atoms with Crippen molar-refractivity contribution in [2.75, 3.05) is 6.61 Å². The smallest absolute Gasteiger partial charge is 0.336 e. The average Bonchev–Trinajstić information content (AvgIpc) is 2.54. The van der Waals surface area contributed by atoms with Crippen LogP contribution in [0, 0.1) is 13.8 Å². The summed E-state index contributed by atoms with van der Waals surface area (Å²) in [6.07, 6.45) is 5.73. The molecule has 0 unspecified atom stereocenters. The van der Waals surface area contributed by atoms with Crippen molar-refractivity contribution in [3.63, 3.8) is 0 Å². The highest BCUT2D eigenvalue weighted by Crippen LogP contribution is 2.26. The Balaban J connectivity index is 1.69. The molecule has 0 aliphatic heterocycles. The molecular formula is C19H23NO4. The lowest BCUT2D eigenvalue weighted by Gasteiger charge is -2.22. The van der Waals surface area contributed by atoms with Gasteiger partial charge in [0.25, 0.3) is 5.91 Å². The normalized spacial score (nSPS) is 15.4. The Bertz CT molecular complexity index is 803. The number of fused-ring (bicyclic) bond motifs is 1. The molecule has 0 saturated heterocycles. The second-order valence-electron chi connectivity index (χ2n) is 6.55. The van der Waals surface area contributed by atoms with Gasteiger partial charge >= 0.3 is 5.63 Å². The van der Waals surface area contributed by atoms with Crippen LogP contribution in [0.2, 0.25) is 0 Å². The van der Waals surface area contributed by atoms with E-state index in [1.807, 2.05) is 19.9 Å². The highest BCUT2D eigenvalue weighted by Gasteiger charge is 2.16. The van der Waals surface area contributed by atoms with E-state index in [1.54, 1.807) is 6.07 Å². The molecule has 1 aliphatic carbocycles. The molecule has 0 radical (unpaired) electrons. The number of aryl methyl sites for hydroxylation is 2. The van der Waals surface area contributed by atoms with Crippen LogP contribution in [0.25, 0.3) is 11.0 Å². The third-order valence-corrected chi connectivity index (χ3v) is 4.58. The van der Waals surface area contributed by atoms with Gasteiger partial charge in [-0.15, -0.1) is 0 Å². The van der Waals surface area contributed by atoms with Gasteiger partial charge in [0.05, 0.1) is 0 Å². The summed E-state index contributed by atoms with van der Waals surface area (Å²) in [6, 6.07) is 5.34. The number of benzene rings is 1. The molecule has 1 fully saturated rings. The molecule has 1 aromatic carbocycles. The van der Waals surface area contributed by atoms with Gasteiger partial charge < -0.3 is 14.5 Å². The third-order valence-electron chi connectivity index (χ3n) is 4.58. The molecule has 5 heteroatoms. The van der Waals surface area contributed by atoms with Crippen molar-refractivity contribution in [3.05, 3.63) is 39.7 Å². The summed E-state index contributed by atoms with van der Waals surface area (Å²) in [5.41, 5.74) is 1.84. The summed E-state index contributed by atoms with van der Waals surface area (Å²) in [5.74, 6) is 0.552. The molecule has 1 aliphatic rings. The van der Waals surface area contributed by atoms with Gasteiger partial charge in [-0.05, 0) is 49.9 Å². The molecule has 128 valence electrons. The van der Waals surface area contributed by atoms with E-state index in [9.17, 15) is 9.59 Å². The summed E-state index contributed by atoms with van der Waals surface area (Å²) in [4.78, 5) is 23.5. The highest BCUT2D eigenvalue weighted by molar-refractivity contribution is 5.83. The first-order valence-corrected chi connectivity index (χ1v) is 8.50. The van der Waals surface area contributed by atoms with Gasteiger partial charge in [-0.1, -0.05) is 19.3 Å². The van der Waals surface area contributed by atoms with E-state index in [0.29, 0.717) is 11.3 Å². The Hall–Kier alpha value is -2.30. The molecule has 5 nitrogen and oxygen atoms in total. The molecule has 0 atom stereocenters. The first kappa shape index (κ1) is 16.6. The maximum Gasteiger partial charge on any atom is 0.336 e. The lowest BCUT2D eigenvalue weighted by atomic mass is 9.95. The van der Waals surface area contributed by atoms with Gasteiger partial charge in [0.2, 0.25) is 0 Å². The number of hydrogen-bond donors (Lipinski definition) is 1. The Kier molecular flexibility index (Phi) is 4.88. The molecule has 0 spiro atoms. The van der Waals surface area contributed by atoms with Crippen molar-refractivity contribution in [1.29, 1.82) is 0 Å². The molecule has 1 N–H and O–H groups in total. The second-order valence-corrected chi connectivity index (χ2v) is 6.55. The van der Waals surface area contributed by atoms with Crippen LogP contribution in [-0.4, -0.2) is 18.6 Å². The molecule has 2 aromatic rings. The number of carbonyl (C=O) groups is 1. The van der Waals surface area contributed by atoms with Crippen LogP contribution in [-0.2, 0) is 4.79 Å². The first-order valence-electron chi connectivity index (χ1n) is 8.50. The Labute approximate surface area is 141 Å². The molecule has 24 heavy (non-hydrogen) atoms. The van der Waals surface area contributed by atoms with Crippen LogP contribution < -0.4 is 15.7 Å². The van der Waals surface area contributed by atoms with Crippen molar-refractivity contribution in [2.24, 2.45) is 0 Å². The van der Waals surface area contributed by atoms with Crippen LogP contribution in [0.1, 0.15) is 43.2 Å². The van der Waals surface area contributed by atoms with E-state index < -0.39 is 0 Å². The van der Waals surface area contributed by atoms with Gasteiger partial charge in [-0.3, -0.25) is 4.79 Å². The number of hydrogen-bond acceptors (Lipinski definition) is 4. The lowest BCUT2D eigenvalue weighted by molar-refractivity contribution is -0.124. The van der Waals surface area contributed by atoms with E-state index in [4.69, 9.17) is 9.15 Å². The predicted octanol–water partition coefficient (Wildman–Crippen LogP) is 3.24. The lowest BCUT2D eigenvalue weighted by Crippen LogP contribution is -2.39. The number of ether oxygens (including phenoxy) is 1. The van der Waals surface area contributed by atoms with Gasteiger partial charge in [0.15, 0.2) is 6.61 Å². The summed E-state index contributed by atoms with van der Waals surface area (Å²) >= 11 is 0. The molecule has 1 aromatic heterocycles. The Morgan fingerprint density at radius 3 is 2.67 bits per heavy atom. The minimum Gasteiger partial charge on any atom is -0.483 e. The topological polar surface area (TPSA) is 68.5 Å². The van der Waals surface area contributed by atoms with Crippen molar-refractivity contribution in [3.8, 4) is 5.75 Å². The van der Waals surface area contributed by atoms with Crippen molar-refractivity contribution in [2.45, 2.75) is 52.0 Å². The van der Waals surface area contributed by atoms with E-state index in [2.05, 4.69) is 5.32 Å². The predicted molar refractivity (Wildman–Crippen MR) is 92.5 cm³/mol. The number of amides is 1. The largest absolute Gasteiger partial charge is 0.483 e. The Morgan fingerprint density at radius 1 is 1.17 bits per heavy atom. The molecular weight excluding hydrogens is 306 g/mol. The molecule has 1 heterocycles. The summed E-state index contributed by atoms with van der Waals surface area (Å²) < 4.78 is 10.9. The zero-order chi connectivity index (χ0) is 17.1. The van der Waals surface area contributed by atoms with Gasteiger partial charge in [-0.25, -0.2) is 4.79 Å². The molecule has 0 bridgehead atoms. The molecule has 1 saturated carbocycles. The maximum absolute atomic E-state index is 12.1. The summed E-state index contributed by atoms with van der Waals surface area (Å²) in [6.45, 7) is 3.73. The van der Waals surface area contributed by atoms with E-state index in [1.165, 1.54) is 25.3 Å². The average molecular weight is 329 g/mol. The minimum atomic E-state index is -0.361.